The van der Waals surface area contributed by atoms with E-state index in [9.17, 15) is 0 Å². The zero-order valence-electron chi connectivity index (χ0n) is 27.9. The van der Waals surface area contributed by atoms with Gasteiger partial charge in [0.1, 0.15) is 0 Å². The minimum atomic E-state index is 0.792. The van der Waals surface area contributed by atoms with E-state index in [0.717, 1.165) is 5.92 Å². The van der Waals surface area contributed by atoms with Gasteiger partial charge in [-0.3, -0.25) is 0 Å². The lowest BCUT2D eigenvalue weighted by molar-refractivity contribution is 0.479. The molecule has 0 heteroatoms. The quantitative estimate of drug-likeness (QED) is 0.0777. The summed E-state index contributed by atoms with van der Waals surface area (Å²) in [6.07, 6.45) is 45.0. The second-order valence-corrected chi connectivity index (χ2v) is 13.2. The number of hydrogen-bond donors (Lipinski definition) is 0. The highest BCUT2D eigenvalue weighted by molar-refractivity contribution is 5.19. The Balaban J connectivity index is 1.98. The van der Waals surface area contributed by atoms with Crippen molar-refractivity contribution in [3.8, 4) is 0 Å². The highest BCUT2D eigenvalue weighted by Crippen LogP contribution is 2.29. The van der Waals surface area contributed by atoms with Crippen LogP contribution in [-0.4, -0.2) is 0 Å². The zero-order chi connectivity index (χ0) is 28.6. The molecule has 0 radical (unpaired) electrons. The molecule has 0 saturated heterocycles. The van der Waals surface area contributed by atoms with E-state index >= 15 is 0 Å². The van der Waals surface area contributed by atoms with Gasteiger partial charge in [0.25, 0.3) is 0 Å². The predicted octanol–water partition coefficient (Wildman–Crippen LogP) is 14.9. The molecule has 234 valence electrons. The van der Waals surface area contributed by atoms with Gasteiger partial charge < -0.3 is 0 Å². The van der Waals surface area contributed by atoms with Crippen molar-refractivity contribution in [2.75, 3.05) is 0 Å². The largest absolute Gasteiger partial charge is 0.0654 e. The lowest BCUT2D eigenvalue weighted by atomic mass is 9.88. The third kappa shape index (κ3) is 25.0. The van der Waals surface area contributed by atoms with Crippen molar-refractivity contribution in [1.29, 1.82) is 0 Å². The standard InChI is InChI=1S/C40H74/c1-3-5-7-9-11-13-15-17-19-21-23-25-27-29-32-36-39(40-37-33-30-34-38-40)35-31-28-26-24-22-20-18-16-14-12-10-8-6-4-2/h30,33-34,37-39H,3-29,31-32,35-36H2,1-2H3. The summed E-state index contributed by atoms with van der Waals surface area (Å²) in [7, 11) is 0. The van der Waals surface area contributed by atoms with Crippen LogP contribution in [0.3, 0.4) is 0 Å². The second kappa shape index (κ2) is 31.2. The fourth-order valence-electron chi connectivity index (χ4n) is 6.55. The predicted molar refractivity (Wildman–Crippen MR) is 184 cm³/mol. The van der Waals surface area contributed by atoms with Crippen LogP contribution in [0, 0.1) is 0 Å². The first kappa shape index (κ1) is 37.2. The first-order valence-electron chi connectivity index (χ1n) is 18.9. The maximum absolute atomic E-state index is 2.39. The molecule has 0 spiro atoms. The Morgan fingerprint density at radius 1 is 0.325 bits per heavy atom. The molecule has 0 heterocycles. The summed E-state index contributed by atoms with van der Waals surface area (Å²) >= 11 is 0. The Morgan fingerprint density at radius 2 is 0.575 bits per heavy atom. The molecule has 0 N–H and O–H groups in total. The molecular formula is C40H74. The molecule has 40 heavy (non-hydrogen) atoms. The smallest absolute Gasteiger partial charge is 0.0162 e. The van der Waals surface area contributed by atoms with Gasteiger partial charge >= 0.3 is 0 Å². The maximum atomic E-state index is 2.39. The number of rotatable bonds is 32. The normalized spacial score (nSPS) is 12.2. The van der Waals surface area contributed by atoms with E-state index in [4.69, 9.17) is 0 Å². The summed E-state index contributed by atoms with van der Waals surface area (Å²) in [5, 5.41) is 0. The van der Waals surface area contributed by atoms with Gasteiger partial charge in [-0.15, -0.1) is 0 Å². The van der Waals surface area contributed by atoms with Crippen LogP contribution in [0.1, 0.15) is 224 Å². The van der Waals surface area contributed by atoms with Crippen LogP contribution in [0.4, 0.5) is 0 Å². The first-order valence-corrected chi connectivity index (χ1v) is 18.9. The average molecular weight is 555 g/mol. The van der Waals surface area contributed by atoms with E-state index in [1.165, 1.54) is 199 Å². The van der Waals surface area contributed by atoms with E-state index in [2.05, 4.69) is 44.2 Å². The molecule has 0 aliphatic carbocycles. The van der Waals surface area contributed by atoms with Crippen molar-refractivity contribution < 1.29 is 0 Å². The summed E-state index contributed by atoms with van der Waals surface area (Å²) in [6.45, 7) is 4.62. The fraction of sp³-hybridized carbons (Fsp3) is 0.850. The summed E-state index contributed by atoms with van der Waals surface area (Å²) in [5.74, 6) is 0.792. The van der Waals surface area contributed by atoms with E-state index in [1.54, 1.807) is 5.56 Å². The second-order valence-electron chi connectivity index (χ2n) is 13.2. The van der Waals surface area contributed by atoms with Crippen molar-refractivity contribution in [3.63, 3.8) is 0 Å². The third-order valence-electron chi connectivity index (χ3n) is 9.33. The van der Waals surface area contributed by atoms with E-state index < -0.39 is 0 Å². The lowest BCUT2D eigenvalue weighted by Gasteiger charge is -2.17. The number of benzene rings is 1. The Labute approximate surface area is 254 Å². The van der Waals surface area contributed by atoms with Crippen LogP contribution in [-0.2, 0) is 0 Å². The van der Waals surface area contributed by atoms with Crippen molar-refractivity contribution in [2.45, 2.75) is 219 Å². The van der Waals surface area contributed by atoms with Gasteiger partial charge in [0.2, 0.25) is 0 Å². The Kier molecular flexibility index (Phi) is 29.0. The van der Waals surface area contributed by atoms with Crippen LogP contribution in [0.25, 0.3) is 0 Å². The summed E-state index contributed by atoms with van der Waals surface area (Å²) < 4.78 is 0. The third-order valence-corrected chi connectivity index (χ3v) is 9.33. The maximum Gasteiger partial charge on any atom is -0.0162 e. The van der Waals surface area contributed by atoms with Crippen LogP contribution in [0.5, 0.6) is 0 Å². The first-order chi connectivity index (χ1) is 19.9. The lowest BCUT2D eigenvalue weighted by Crippen LogP contribution is -1.99. The molecule has 0 amide bonds. The molecule has 0 nitrogen and oxygen atoms in total. The summed E-state index contributed by atoms with van der Waals surface area (Å²) in [4.78, 5) is 0. The van der Waals surface area contributed by atoms with Gasteiger partial charge in [0, 0.05) is 0 Å². The highest BCUT2D eigenvalue weighted by Gasteiger charge is 2.11. The number of unbranched alkanes of at least 4 members (excludes halogenated alkanes) is 27. The van der Waals surface area contributed by atoms with E-state index in [-0.39, 0.29) is 0 Å². The molecule has 1 rings (SSSR count). The molecular weight excluding hydrogens is 480 g/mol. The molecule has 0 bridgehead atoms. The molecule has 1 aromatic carbocycles. The topological polar surface area (TPSA) is 0 Å². The van der Waals surface area contributed by atoms with Gasteiger partial charge in [-0.25, -0.2) is 0 Å². The average Bonchev–Trinajstić information content (AvgIpc) is 2.98. The van der Waals surface area contributed by atoms with Crippen molar-refractivity contribution in [1.82, 2.24) is 0 Å². The van der Waals surface area contributed by atoms with Gasteiger partial charge in [-0.1, -0.05) is 230 Å². The summed E-state index contributed by atoms with van der Waals surface area (Å²) in [6, 6.07) is 11.5. The van der Waals surface area contributed by atoms with E-state index in [0.29, 0.717) is 0 Å². The van der Waals surface area contributed by atoms with Gasteiger partial charge in [-0.05, 0) is 24.3 Å². The molecule has 0 aromatic heterocycles. The number of hydrogen-bond acceptors (Lipinski definition) is 0. The minimum Gasteiger partial charge on any atom is -0.0654 e. The van der Waals surface area contributed by atoms with Crippen molar-refractivity contribution in [3.05, 3.63) is 35.9 Å². The highest BCUT2D eigenvalue weighted by atomic mass is 14.2. The molecule has 0 aliphatic rings. The minimum absolute atomic E-state index is 0.792. The molecule has 1 unspecified atom stereocenters. The summed E-state index contributed by atoms with van der Waals surface area (Å²) in [5.41, 5.74) is 1.60. The molecule has 1 aromatic rings. The Morgan fingerprint density at radius 3 is 0.850 bits per heavy atom. The molecule has 1 atom stereocenters. The van der Waals surface area contributed by atoms with Gasteiger partial charge in [0.15, 0.2) is 0 Å². The molecule has 0 aliphatic heterocycles. The Hall–Kier alpha value is -0.780. The van der Waals surface area contributed by atoms with Crippen LogP contribution in [0.15, 0.2) is 30.3 Å². The monoisotopic (exact) mass is 555 g/mol. The Bertz CT molecular complexity index is 575. The van der Waals surface area contributed by atoms with Crippen LogP contribution < -0.4 is 0 Å². The van der Waals surface area contributed by atoms with Crippen molar-refractivity contribution >= 4 is 0 Å². The van der Waals surface area contributed by atoms with Gasteiger partial charge in [0.05, 0.1) is 0 Å². The fourth-order valence-corrected chi connectivity index (χ4v) is 6.55. The zero-order valence-corrected chi connectivity index (χ0v) is 27.9. The van der Waals surface area contributed by atoms with E-state index in [1.807, 2.05) is 0 Å². The van der Waals surface area contributed by atoms with Gasteiger partial charge in [-0.2, -0.15) is 0 Å². The van der Waals surface area contributed by atoms with Crippen LogP contribution in [0.2, 0.25) is 0 Å². The SMILES string of the molecule is CCCCCCCCCCCCCCCCCC(CCCCCCCCCCCCCCCC)c1ccccc1. The molecule has 0 saturated carbocycles. The van der Waals surface area contributed by atoms with Crippen molar-refractivity contribution in [2.24, 2.45) is 0 Å². The van der Waals surface area contributed by atoms with Crippen LogP contribution >= 0.6 is 0 Å². The molecule has 0 fully saturated rings.